The lowest BCUT2D eigenvalue weighted by atomic mass is 9.91. The van der Waals surface area contributed by atoms with E-state index in [4.69, 9.17) is 4.74 Å². The van der Waals surface area contributed by atoms with Crippen molar-refractivity contribution in [3.8, 4) is 0 Å². The fourth-order valence-corrected chi connectivity index (χ4v) is 7.42. The van der Waals surface area contributed by atoms with E-state index in [-0.39, 0.29) is 25.8 Å². The van der Waals surface area contributed by atoms with E-state index in [0.29, 0.717) is 37.7 Å². The lowest BCUT2D eigenvalue weighted by Gasteiger charge is -2.31. The van der Waals surface area contributed by atoms with Gasteiger partial charge in [-0.2, -0.15) is 0 Å². The molecule has 1 aromatic carbocycles. The third kappa shape index (κ3) is 6.93. The lowest BCUT2D eigenvalue weighted by molar-refractivity contribution is -0.141. The minimum absolute atomic E-state index is 0.160. The number of nitrogens with one attached hydrogen (secondary N) is 3. The second-order valence-corrected chi connectivity index (χ2v) is 15.4. The molecule has 2 saturated carbocycles. The zero-order valence-electron chi connectivity index (χ0n) is 25.4. The molecule has 2 heterocycles. The number of aliphatic hydroxyl groups is 1. The van der Waals surface area contributed by atoms with E-state index >= 15 is 0 Å². The van der Waals surface area contributed by atoms with Crippen LogP contribution in [-0.4, -0.2) is 77.3 Å². The summed E-state index contributed by atoms with van der Waals surface area (Å²) < 4.78 is 32.9. The number of fused-ring (bicyclic) bond motifs is 2. The third-order valence-corrected chi connectivity index (χ3v) is 10.5. The Morgan fingerprint density at radius 1 is 1.07 bits per heavy atom. The van der Waals surface area contributed by atoms with Gasteiger partial charge in [0.05, 0.1) is 11.8 Å². The van der Waals surface area contributed by atoms with Crippen LogP contribution in [0.4, 0.5) is 4.79 Å². The summed E-state index contributed by atoms with van der Waals surface area (Å²) in [6.45, 7) is 4.91. The smallest absolute Gasteiger partial charge is 0.408 e. The van der Waals surface area contributed by atoms with E-state index in [9.17, 15) is 32.7 Å². The van der Waals surface area contributed by atoms with Crippen LogP contribution in [0.25, 0.3) is 0 Å². The van der Waals surface area contributed by atoms with Gasteiger partial charge >= 0.3 is 6.09 Å². The summed E-state index contributed by atoms with van der Waals surface area (Å²) >= 11 is 0. The Morgan fingerprint density at radius 3 is 2.43 bits per heavy atom. The predicted molar refractivity (Wildman–Crippen MR) is 160 cm³/mol. The van der Waals surface area contributed by atoms with Crippen LogP contribution < -0.4 is 15.4 Å². The second kappa shape index (κ2) is 11.8. The molecular weight excluding hydrogens is 588 g/mol. The first-order valence-electron chi connectivity index (χ1n) is 15.3. The van der Waals surface area contributed by atoms with Gasteiger partial charge in [-0.15, -0.1) is 0 Å². The number of hydrogen-bond acceptors (Lipinski definition) is 8. The quantitative estimate of drug-likeness (QED) is 0.358. The standard InChI is InChI=1S/C31H42N4O8S/c1-29(2,3)43-28(39)32-23-14-10-5-4-7-13-21-17-31(21,27(38)34-44(41,42)22-15-16-22)33-25(36)24-18-30(40,19-35(24)26(23)37)20-11-8-6-9-12-20/h6-9,11-13,21-24,40H,4-5,10,14-19H2,1-3H3,(H,32,39)(H,33,36)(H,34,38)/b13-7+/t21-,23+,24+,30+,31+/m1/s1. The molecule has 0 bridgehead atoms. The van der Waals surface area contributed by atoms with E-state index < -0.39 is 73.8 Å². The van der Waals surface area contributed by atoms with E-state index in [1.807, 2.05) is 12.2 Å². The maximum Gasteiger partial charge on any atom is 0.408 e. The minimum Gasteiger partial charge on any atom is -0.444 e. The zero-order valence-corrected chi connectivity index (χ0v) is 26.2. The first kappa shape index (κ1) is 32.0. The van der Waals surface area contributed by atoms with E-state index in [1.54, 1.807) is 51.1 Å². The normalized spacial score (nSPS) is 31.9. The molecular formula is C31H42N4O8S. The summed E-state index contributed by atoms with van der Waals surface area (Å²) in [5.41, 5.74) is -3.38. The van der Waals surface area contributed by atoms with Crippen LogP contribution in [0.1, 0.15) is 77.7 Å². The van der Waals surface area contributed by atoms with Crippen molar-refractivity contribution in [2.75, 3.05) is 6.54 Å². The average molecular weight is 631 g/mol. The van der Waals surface area contributed by atoms with Crippen molar-refractivity contribution in [1.82, 2.24) is 20.3 Å². The highest BCUT2D eigenvalue weighted by atomic mass is 32.2. The number of amides is 4. The molecule has 4 N–H and O–H groups in total. The molecule has 3 fully saturated rings. The molecule has 4 aliphatic rings. The molecule has 240 valence electrons. The number of benzene rings is 1. The van der Waals surface area contributed by atoms with Crippen LogP contribution in [0.5, 0.6) is 0 Å². The van der Waals surface area contributed by atoms with Crippen molar-refractivity contribution in [2.24, 2.45) is 5.92 Å². The van der Waals surface area contributed by atoms with Crippen LogP contribution in [0.2, 0.25) is 0 Å². The molecule has 13 heteroatoms. The molecule has 12 nitrogen and oxygen atoms in total. The average Bonchev–Trinajstić information content (AvgIpc) is 3.86. The number of sulfonamides is 1. The van der Waals surface area contributed by atoms with Gasteiger partial charge < -0.3 is 25.4 Å². The summed E-state index contributed by atoms with van der Waals surface area (Å²) in [5, 5.41) is 16.6. The Bertz CT molecular complexity index is 1440. The van der Waals surface area contributed by atoms with Gasteiger partial charge in [0.25, 0.3) is 5.91 Å². The number of nitrogens with zero attached hydrogens (tertiary/aromatic N) is 1. The van der Waals surface area contributed by atoms with Crippen molar-refractivity contribution < 1.29 is 37.4 Å². The van der Waals surface area contributed by atoms with Crippen LogP contribution >= 0.6 is 0 Å². The maximum absolute atomic E-state index is 14.1. The molecule has 44 heavy (non-hydrogen) atoms. The number of rotatable bonds is 5. The Labute approximate surface area is 258 Å². The molecule has 0 unspecified atom stereocenters. The highest BCUT2D eigenvalue weighted by Gasteiger charge is 2.62. The van der Waals surface area contributed by atoms with E-state index in [0.717, 1.165) is 0 Å². The monoisotopic (exact) mass is 630 g/mol. The van der Waals surface area contributed by atoms with Crippen molar-refractivity contribution in [2.45, 2.75) is 106 Å². The Kier molecular flexibility index (Phi) is 8.58. The molecule has 5 rings (SSSR count). The molecule has 0 aromatic heterocycles. The Hall–Kier alpha value is -3.45. The second-order valence-electron chi connectivity index (χ2n) is 13.4. The molecule has 1 saturated heterocycles. The SMILES string of the molecule is CC(C)(C)OC(=O)N[C@H]1CCCC/C=C/[C@@H]2C[C@]2(C(=O)NS(=O)(=O)C2CC2)NC(=O)[C@@H]2C[C@@](O)(c3ccccc3)CN2C1=O. The highest BCUT2D eigenvalue weighted by molar-refractivity contribution is 7.91. The topological polar surface area (TPSA) is 171 Å². The van der Waals surface area contributed by atoms with Gasteiger partial charge in [-0.3, -0.25) is 19.1 Å². The van der Waals surface area contributed by atoms with Gasteiger partial charge in [-0.1, -0.05) is 48.9 Å². The molecule has 1 aromatic rings. The first-order valence-corrected chi connectivity index (χ1v) is 16.8. The molecule has 2 aliphatic heterocycles. The number of ether oxygens (including phenoxy) is 1. The van der Waals surface area contributed by atoms with Gasteiger partial charge in [0.2, 0.25) is 21.8 Å². The zero-order chi connectivity index (χ0) is 31.9. The third-order valence-electron chi connectivity index (χ3n) is 8.67. The fraction of sp³-hybridized carbons (Fsp3) is 0.613. The number of carbonyl (C=O) groups is 4. The van der Waals surface area contributed by atoms with Crippen molar-refractivity contribution in [3.05, 3.63) is 48.0 Å². The van der Waals surface area contributed by atoms with Gasteiger partial charge in [0.15, 0.2) is 0 Å². The van der Waals surface area contributed by atoms with Crippen molar-refractivity contribution >= 4 is 33.8 Å². The number of allylic oxidation sites excluding steroid dienone is 1. The largest absolute Gasteiger partial charge is 0.444 e. The summed E-state index contributed by atoms with van der Waals surface area (Å²) in [5.74, 6) is -2.48. The minimum atomic E-state index is -3.87. The Balaban J connectivity index is 1.47. The molecule has 4 amide bonds. The van der Waals surface area contributed by atoms with E-state index in [1.165, 1.54) is 4.90 Å². The number of carbonyl (C=O) groups excluding carboxylic acids is 4. The van der Waals surface area contributed by atoms with Crippen LogP contribution in [-0.2, 0) is 34.7 Å². The van der Waals surface area contributed by atoms with Gasteiger partial charge in [0, 0.05) is 12.3 Å². The number of hydrogen-bond donors (Lipinski definition) is 4. The predicted octanol–water partition coefficient (Wildman–Crippen LogP) is 1.98. The highest BCUT2D eigenvalue weighted by Crippen LogP contribution is 2.46. The molecule has 0 radical (unpaired) electrons. The van der Waals surface area contributed by atoms with Gasteiger partial charge in [-0.05, 0) is 64.9 Å². The van der Waals surface area contributed by atoms with Crippen LogP contribution in [0.15, 0.2) is 42.5 Å². The van der Waals surface area contributed by atoms with Crippen molar-refractivity contribution in [1.29, 1.82) is 0 Å². The lowest BCUT2D eigenvalue weighted by Crippen LogP contribution is -2.58. The number of alkyl carbamates (subject to hydrolysis) is 1. The summed E-state index contributed by atoms with van der Waals surface area (Å²) in [6, 6.07) is 6.47. The van der Waals surface area contributed by atoms with Crippen LogP contribution in [0, 0.1) is 5.92 Å². The summed E-state index contributed by atoms with van der Waals surface area (Å²) in [7, 11) is -3.87. The summed E-state index contributed by atoms with van der Waals surface area (Å²) in [4.78, 5) is 55.6. The molecule has 5 atom stereocenters. The van der Waals surface area contributed by atoms with Crippen molar-refractivity contribution in [3.63, 3.8) is 0 Å². The fourth-order valence-electron chi connectivity index (χ4n) is 6.06. The molecule has 2 aliphatic carbocycles. The summed E-state index contributed by atoms with van der Waals surface area (Å²) in [6.07, 6.45) is 6.09. The van der Waals surface area contributed by atoms with Crippen LogP contribution in [0.3, 0.4) is 0 Å². The molecule has 0 spiro atoms. The van der Waals surface area contributed by atoms with E-state index in [2.05, 4.69) is 15.4 Å². The maximum atomic E-state index is 14.1. The van der Waals surface area contributed by atoms with Gasteiger partial charge in [-0.25, -0.2) is 13.2 Å². The Morgan fingerprint density at radius 2 is 1.77 bits per heavy atom. The van der Waals surface area contributed by atoms with Gasteiger partial charge in [0.1, 0.15) is 28.8 Å². The first-order chi connectivity index (χ1) is 20.6.